The lowest BCUT2D eigenvalue weighted by atomic mass is 9.93. The molecule has 0 heterocycles. The molecule has 0 saturated heterocycles. The quantitative estimate of drug-likeness (QED) is 0.774. The summed E-state index contributed by atoms with van der Waals surface area (Å²) in [5.41, 5.74) is 0.415. The van der Waals surface area contributed by atoms with Crippen molar-refractivity contribution in [3.8, 4) is 0 Å². The third-order valence-corrected chi connectivity index (χ3v) is 3.16. The molecule has 120 valence electrons. The Balaban J connectivity index is 2.97. The number of rotatable bonds is 5. The van der Waals surface area contributed by atoms with Gasteiger partial charge in [-0.25, -0.2) is 0 Å². The van der Waals surface area contributed by atoms with Gasteiger partial charge in [-0.2, -0.15) is 26.3 Å². The molecule has 0 aliphatic rings. The number of aryl methyl sites for hydroxylation is 1. The van der Waals surface area contributed by atoms with Gasteiger partial charge in [0.2, 0.25) is 0 Å². The molecule has 1 aromatic rings. The number of aliphatic hydroxyl groups is 1. The number of benzene rings is 1. The van der Waals surface area contributed by atoms with Crippen molar-refractivity contribution in [2.75, 3.05) is 0 Å². The first-order valence-corrected chi connectivity index (χ1v) is 6.47. The van der Waals surface area contributed by atoms with Crippen molar-refractivity contribution < 1.29 is 31.4 Å². The van der Waals surface area contributed by atoms with E-state index in [1.165, 1.54) is 12.1 Å². The highest BCUT2D eigenvalue weighted by molar-refractivity contribution is 5.25. The van der Waals surface area contributed by atoms with Crippen LogP contribution in [0.25, 0.3) is 0 Å². The molecule has 7 heteroatoms. The van der Waals surface area contributed by atoms with Crippen molar-refractivity contribution in [3.05, 3.63) is 35.4 Å². The largest absolute Gasteiger partial charge is 0.403 e. The summed E-state index contributed by atoms with van der Waals surface area (Å²) in [5.74, 6) is -3.79. The van der Waals surface area contributed by atoms with Gasteiger partial charge in [-0.3, -0.25) is 0 Å². The first-order chi connectivity index (χ1) is 9.57. The molecule has 1 atom stereocenters. The first-order valence-electron chi connectivity index (χ1n) is 6.47. The van der Waals surface area contributed by atoms with Gasteiger partial charge in [0.25, 0.3) is 0 Å². The van der Waals surface area contributed by atoms with Gasteiger partial charge in [-0.1, -0.05) is 37.6 Å². The number of hydrogen-bond acceptors (Lipinski definition) is 1. The smallest absolute Gasteiger partial charge is 0.387 e. The van der Waals surface area contributed by atoms with Gasteiger partial charge in [0, 0.05) is 0 Å². The summed E-state index contributed by atoms with van der Waals surface area (Å²) in [6, 6.07) is 5.11. The fourth-order valence-corrected chi connectivity index (χ4v) is 2.00. The van der Waals surface area contributed by atoms with Crippen LogP contribution < -0.4 is 0 Å². The maximum atomic E-state index is 12.5. The van der Waals surface area contributed by atoms with Crippen LogP contribution in [0.5, 0.6) is 0 Å². The van der Waals surface area contributed by atoms with Crippen LogP contribution >= 0.6 is 0 Å². The van der Waals surface area contributed by atoms with Crippen LogP contribution in [0.15, 0.2) is 24.3 Å². The maximum absolute atomic E-state index is 12.5. The summed E-state index contributed by atoms with van der Waals surface area (Å²) in [6.45, 7) is 1.97. The van der Waals surface area contributed by atoms with Crippen LogP contribution in [0.2, 0.25) is 0 Å². The number of halogens is 6. The minimum atomic E-state index is -5.56. The number of unbranched alkanes of at least 4 members (excludes halogenated alkanes) is 1. The van der Waals surface area contributed by atoms with Crippen molar-refractivity contribution >= 4 is 0 Å². The van der Waals surface area contributed by atoms with E-state index in [1.54, 1.807) is 0 Å². The zero-order valence-corrected chi connectivity index (χ0v) is 11.3. The summed E-state index contributed by atoms with van der Waals surface area (Å²) in [6.07, 6.45) is -11.3. The van der Waals surface area contributed by atoms with Crippen LogP contribution in [0.4, 0.5) is 26.3 Å². The van der Waals surface area contributed by atoms with Crippen molar-refractivity contribution in [1.29, 1.82) is 0 Å². The number of alkyl halides is 6. The highest BCUT2D eigenvalue weighted by Gasteiger charge is 2.60. The molecule has 0 fully saturated rings. The van der Waals surface area contributed by atoms with Crippen LogP contribution in [-0.4, -0.2) is 17.5 Å². The van der Waals surface area contributed by atoms with Gasteiger partial charge in [-0.05, 0) is 24.0 Å². The minimum absolute atomic E-state index is 0.394. The SMILES string of the molecule is CCCCc1ccc(C(O)C(C(F)(F)F)C(F)(F)F)cc1. The molecule has 1 N–H and O–H groups in total. The maximum Gasteiger partial charge on any atom is 0.403 e. The second-order valence-electron chi connectivity index (χ2n) is 4.85. The molecule has 0 amide bonds. The summed E-state index contributed by atoms with van der Waals surface area (Å²) in [5, 5.41) is 9.48. The Morgan fingerprint density at radius 2 is 1.43 bits per heavy atom. The molecule has 1 aromatic carbocycles. The van der Waals surface area contributed by atoms with E-state index in [1.807, 2.05) is 6.92 Å². The van der Waals surface area contributed by atoms with E-state index in [0.717, 1.165) is 30.5 Å². The zero-order chi connectivity index (χ0) is 16.3. The monoisotopic (exact) mass is 314 g/mol. The standard InChI is InChI=1S/C14H16F6O/c1-2-3-4-9-5-7-10(8-6-9)11(21)12(13(15,16)17)14(18,19)20/h5-8,11-12,21H,2-4H2,1H3. The molecule has 0 aliphatic heterocycles. The lowest BCUT2D eigenvalue weighted by Gasteiger charge is -2.27. The Labute approximate surface area is 118 Å². The molecule has 1 rings (SSSR count). The van der Waals surface area contributed by atoms with Crippen LogP contribution in [0.1, 0.15) is 37.0 Å². The van der Waals surface area contributed by atoms with Gasteiger partial charge >= 0.3 is 12.4 Å². The van der Waals surface area contributed by atoms with Crippen molar-refractivity contribution in [2.45, 2.75) is 44.6 Å². The van der Waals surface area contributed by atoms with Crippen LogP contribution in [-0.2, 0) is 6.42 Å². The minimum Gasteiger partial charge on any atom is -0.387 e. The number of hydrogen-bond donors (Lipinski definition) is 1. The molecule has 0 saturated carbocycles. The van der Waals surface area contributed by atoms with Crippen LogP contribution in [0.3, 0.4) is 0 Å². The van der Waals surface area contributed by atoms with E-state index in [0.29, 0.717) is 6.42 Å². The highest BCUT2D eigenvalue weighted by Crippen LogP contribution is 2.46. The molecular formula is C14H16F6O. The van der Waals surface area contributed by atoms with Gasteiger partial charge in [0.05, 0.1) is 6.10 Å². The van der Waals surface area contributed by atoms with E-state index < -0.39 is 29.9 Å². The molecule has 21 heavy (non-hydrogen) atoms. The Bertz CT molecular complexity index is 420. The average Bonchev–Trinajstić information content (AvgIpc) is 2.33. The fraction of sp³-hybridized carbons (Fsp3) is 0.571. The molecule has 1 unspecified atom stereocenters. The Hall–Kier alpha value is -1.24. The molecule has 0 spiro atoms. The Morgan fingerprint density at radius 1 is 0.952 bits per heavy atom. The molecular weight excluding hydrogens is 298 g/mol. The molecule has 0 aliphatic carbocycles. The van der Waals surface area contributed by atoms with Gasteiger partial charge in [0.15, 0.2) is 5.92 Å². The van der Waals surface area contributed by atoms with E-state index in [-0.39, 0.29) is 0 Å². The lowest BCUT2D eigenvalue weighted by Crippen LogP contribution is -2.40. The van der Waals surface area contributed by atoms with Crippen LogP contribution in [0, 0.1) is 5.92 Å². The first kappa shape index (κ1) is 17.8. The van der Waals surface area contributed by atoms with Crippen molar-refractivity contribution in [1.82, 2.24) is 0 Å². The normalized spacial score (nSPS) is 14.5. The van der Waals surface area contributed by atoms with Crippen molar-refractivity contribution in [3.63, 3.8) is 0 Å². The van der Waals surface area contributed by atoms with E-state index in [4.69, 9.17) is 0 Å². The summed E-state index contributed by atoms with van der Waals surface area (Å²) >= 11 is 0. The molecule has 0 aromatic heterocycles. The Morgan fingerprint density at radius 3 is 1.81 bits per heavy atom. The second-order valence-corrected chi connectivity index (χ2v) is 4.85. The Kier molecular flexibility index (Phi) is 5.67. The highest BCUT2D eigenvalue weighted by atomic mass is 19.4. The molecule has 0 radical (unpaired) electrons. The number of aliphatic hydroxyl groups excluding tert-OH is 1. The second kappa shape index (κ2) is 6.68. The predicted octanol–water partition coefficient (Wildman–Crippen LogP) is 4.80. The topological polar surface area (TPSA) is 20.2 Å². The lowest BCUT2D eigenvalue weighted by molar-refractivity contribution is -0.307. The zero-order valence-electron chi connectivity index (χ0n) is 11.3. The summed E-state index contributed by atoms with van der Waals surface area (Å²) in [4.78, 5) is 0. The average molecular weight is 314 g/mol. The third-order valence-electron chi connectivity index (χ3n) is 3.16. The molecule has 1 nitrogen and oxygen atoms in total. The third kappa shape index (κ3) is 4.91. The van der Waals surface area contributed by atoms with E-state index in [2.05, 4.69) is 0 Å². The van der Waals surface area contributed by atoms with Gasteiger partial charge in [-0.15, -0.1) is 0 Å². The molecule has 0 bridgehead atoms. The van der Waals surface area contributed by atoms with E-state index >= 15 is 0 Å². The van der Waals surface area contributed by atoms with Gasteiger partial charge in [0.1, 0.15) is 0 Å². The summed E-state index contributed by atoms with van der Waals surface area (Å²) < 4.78 is 75.1. The van der Waals surface area contributed by atoms with Crippen molar-refractivity contribution in [2.24, 2.45) is 5.92 Å². The summed E-state index contributed by atoms with van der Waals surface area (Å²) in [7, 11) is 0. The fourth-order valence-electron chi connectivity index (χ4n) is 2.00. The predicted molar refractivity (Wildman–Crippen MR) is 65.6 cm³/mol. The van der Waals surface area contributed by atoms with Gasteiger partial charge < -0.3 is 5.11 Å². The van der Waals surface area contributed by atoms with E-state index in [9.17, 15) is 31.4 Å².